The Morgan fingerprint density at radius 1 is 1.37 bits per heavy atom. The number of nitrogens with zero attached hydrogens (tertiary/aromatic N) is 1. The quantitative estimate of drug-likeness (QED) is 0.899. The molecule has 19 heavy (non-hydrogen) atoms. The van der Waals surface area contributed by atoms with Gasteiger partial charge in [0, 0.05) is 23.7 Å². The minimum Gasteiger partial charge on any atom is -0.341 e. The molecular formula is C14H17N3OS. The van der Waals surface area contributed by atoms with Crippen LogP contribution in [0.2, 0.25) is 0 Å². The van der Waals surface area contributed by atoms with Crippen LogP contribution in [-0.2, 0) is 12.1 Å². The Kier molecular flexibility index (Phi) is 3.97. The number of hydrogen-bond acceptors (Lipinski definition) is 4. The van der Waals surface area contributed by atoms with Crippen LogP contribution in [0.25, 0.3) is 0 Å². The summed E-state index contributed by atoms with van der Waals surface area (Å²) in [5, 5.41) is 5.78. The maximum Gasteiger partial charge on any atom is 0.252 e. The summed E-state index contributed by atoms with van der Waals surface area (Å²) in [5.74, 6) is -0.108. The van der Waals surface area contributed by atoms with Crippen molar-refractivity contribution in [2.45, 2.75) is 25.9 Å². The molecule has 1 aromatic heterocycles. The van der Waals surface area contributed by atoms with Crippen molar-refractivity contribution in [2.24, 2.45) is 5.73 Å². The third-order valence-electron chi connectivity index (χ3n) is 2.84. The van der Waals surface area contributed by atoms with Crippen LogP contribution in [0.5, 0.6) is 0 Å². The van der Waals surface area contributed by atoms with Crippen LogP contribution in [0.15, 0.2) is 35.8 Å². The molecule has 0 fully saturated rings. The summed E-state index contributed by atoms with van der Waals surface area (Å²) < 4.78 is 0. The van der Waals surface area contributed by atoms with E-state index in [4.69, 9.17) is 5.73 Å². The highest BCUT2D eigenvalue weighted by atomic mass is 32.1. The van der Waals surface area contributed by atoms with E-state index >= 15 is 0 Å². The summed E-state index contributed by atoms with van der Waals surface area (Å²) in [6.45, 7) is 4.36. The second-order valence-corrected chi connectivity index (χ2v) is 5.71. The monoisotopic (exact) mass is 275 g/mol. The first-order chi connectivity index (χ1) is 9.03. The fraction of sp³-hybridized carbons (Fsp3) is 0.286. The minimum absolute atomic E-state index is 0.108. The number of carbonyl (C=O) groups excluding carboxylic acids is 1. The average molecular weight is 275 g/mol. The number of hydrogen-bond donors (Lipinski definition) is 2. The maximum atomic E-state index is 12.2. The van der Waals surface area contributed by atoms with E-state index < -0.39 is 5.54 Å². The number of aromatic nitrogens is 1. The molecule has 0 atom stereocenters. The summed E-state index contributed by atoms with van der Waals surface area (Å²) in [4.78, 5) is 16.4. The van der Waals surface area contributed by atoms with E-state index in [0.717, 1.165) is 10.6 Å². The van der Waals surface area contributed by atoms with Crippen LogP contribution >= 0.6 is 11.3 Å². The standard InChI is InChI=1S/C14H17N3OS/c1-14(2,13-16-7-8-19-13)17-12(18)11-5-3-10(9-15)4-6-11/h3-8H,9,15H2,1-2H3,(H,17,18). The van der Waals surface area contributed by atoms with Crippen LogP contribution in [0.3, 0.4) is 0 Å². The van der Waals surface area contributed by atoms with Crippen LogP contribution in [-0.4, -0.2) is 10.9 Å². The van der Waals surface area contributed by atoms with Crippen LogP contribution in [0.1, 0.15) is 34.8 Å². The van der Waals surface area contributed by atoms with Crippen molar-refractivity contribution in [1.82, 2.24) is 10.3 Å². The van der Waals surface area contributed by atoms with Crippen molar-refractivity contribution >= 4 is 17.2 Å². The van der Waals surface area contributed by atoms with Gasteiger partial charge in [-0.1, -0.05) is 12.1 Å². The van der Waals surface area contributed by atoms with E-state index in [9.17, 15) is 4.79 Å². The molecule has 4 nitrogen and oxygen atoms in total. The van der Waals surface area contributed by atoms with Gasteiger partial charge in [-0.15, -0.1) is 11.3 Å². The molecule has 0 radical (unpaired) electrons. The topological polar surface area (TPSA) is 68.0 Å². The van der Waals surface area contributed by atoms with E-state index in [2.05, 4.69) is 10.3 Å². The highest BCUT2D eigenvalue weighted by Crippen LogP contribution is 2.22. The number of nitrogens with one attached hydrogen (secondary N) is 1. The molecule has 0 saturated carbocycles. The predicted octanol–water partition coefficient (Wildman–Crippen LogP) is 2.27. The molecule has 0 unspecified atom stereocenters. The first kappa shape index (κ1) is 13.7. The zero-order chi connectivity index (χ0) is 13.9. The van der Waals surface area contributed by atoms with Crippen LogP contribution in [0.4, 0.5) is 0 Å². The SMILES string of the molecule is CC(C)(NC(=O)c1ccc(CN)cc1)c1nccs1. The van der Waals surface area contributed by atoms with E-state index in [1.165, 1.54) is 11.3 Å². The number of rotatable bonds is 4. The van der Waals surface area contributed by atoms with E-state index in [-0.39, 0.29) is 5.91 Å². The predicted molar refractivity (Wildman–Crippen MR) is 76.9 cm³/mol. The lowest BCUT2D eigenvalue weighted by Gasteiger charge is -2.23. The molecule has 1 amide bonds. The highest BCUT2D eigenvalue weighted by Gasteiger charge is 2.25. The molecule has 0 aliphatic rings. The zero-order valence-electron chi connectivity index (χ0n) is 11.0. The Morgan fingerprint density at radius 2 is 2.05 bits per heavy atom. The van der Waals surface area contributed by atoms with Crippen molar-refractivity contribution in [3.63, 3.8) is 0 Å². The first-order valence-corrected chi connectivity index (χ1v) is 6.92. The molecule has 2 rings (SSSR count). The van der Waals surface area contributed by atoms with Gasteiger partial charge in [-0.05, 0) is 31.5 Å². The number of benzene rings is 1. The Bertz CT molecular complexity index is 547. The highest BCUT2D eigenvalue weighted by molar-refractivity contribution is 7.09. The largest absolute Gasteiger partial charge is 0.341 e. The Balaban J connectivity index is 2.12. The Labute approximate surface area is 116 Å². The lowest BCUT2D eigenvalue weighted by molar-refractivity contribution is 0.0912. The second-order valence-electron chi connectivity index (χ2n) is 4.82. The number of carbonyl (C=O) groups is 1. The summed E-state index contributed by atoms with van der Waals surface area (Å²) in [5.41, 5.74) is 6.70. The molecule has 100 valence electrons. The van der Waals surface area contributed by atoms with Gasteiger partial charge >= 0.3 is 0 Å². The lowest BCUT2D eigenvalue weighted by atomic mass is 10.1. The number of amides is 1. The Morgan fingerprint density at radius 3 is 2.58 bits per heavy atom. The molecular weight excluding hydrogens is 258 g/mol. The van der Waals surface area contributed by atoms with Gasteiger partial charge in [0.2, 0.25) is 0 Å². The molecule has 0 spiro atoms. The smallest absolute Gasteiger partial charge is 0.252 e. The third-order valence-corrected chi connectivity index (χ3v) is 3.94. The molecule has 0 bridgehead atoms. The van der Waals surface area contributed by atoms with Gasteiger partial charge in [0.15, 0.2) is 0 Å². The molecule has 1 aromatic carbocycles. The van der Waals surface area contributed by atoms with E-state index in [1.54, 1.807) is 18.3 Å². The van der Waals surface area contributed by atoms with E-state index in [1.807, 2.05) is 31.4 Å². The van der Waals surface area contributed by atoms with Crippen molar-refractivity contribution in [3.8, 4) is 0 Å². The van der Waals surface area contributed by atoms with Crippen molar-refractivity contribution in [1.29, 1.82) is 0 Å². The second kappa shape index (κ2) is 5.50. The van der Waals surface area contributed by atoms with Crippen molar-refractivity contribution in [2.75, 3.05) is 0 Å². The Hall–Kier alpha value is -1.72. The first-order valence-electron chi connectivity index (χ1n) is 6.04. The maximum absolute atomic E-state index is 12.2. The van der Waals surface area contributed by atoms with Gasteiger partial charge < -0.3 is 11.1 Å². The van der Waals surface area contributed by atoms with Gasteiger partial charge in [0.25, 0.3) is 5.91 Å². The van der Waals surface area contributed by atoms with Gasteiger partial charge in [0.05, 0.1) is 5.54 Å². The van der Waals surface area contributed by atoms with Gasteiger partial charge in [-0.2, -0.15) is 0 Å². The van der Waals surface area contributed by atoms with Gasteiger partial charge in [-0.3, -0.25) is 4.79 Å². The summed E-state index contributed by atoms with van der Waals surface area (Å²) in [6.07, 6.45) is 1.74. The molecule has 2 aromatic rings. The molecule has 0 saturated heterocycles. The number of thiazole rings is 1. The molecule has 1 heterocycles. The number of nitrogens with two attached hydrogens (primary N) is 1. The van der Waals surface area contributed by atoms with Crippen molar-refractivity contribution < 1.29 is 4.79 Å². The molecule has 3 N–H and O–H groups in total. The van der Waals surface area contributed by atoms with Crippen LogP contribution in [0, 0.1) is 0 Å². The van der Waals surface area contributed by atoms with Gasteiger partial charge in [0.1, 0.15) is 5.01 Å². The summed E-state index contributed by atoms with van der Waals surface area (Å²) >= 11 is 1.53. The fourth-order valence-electron chi connectivity index (χ4n) is 1.73. The molecule has 0 aliphatic carbocycles. The van der Waals surface area contributed by atoms with Crippen LogP contribution < -0.4 is 11.1 Å². The fourth-order valence-corrected chi connectivity index (χ4v) is 2.45. The van der Waals surface area contributed by atoms with E-state index in [0.29, 0.717) is 12.1 Å². The third kappa shape index (κ3) is 3.19. The molecule has 5 heteroatoms. The van der Waals surface area contributed by atoms with Gasteiger partial charge in [-0.25, -0.2) is 4.98 Å². The molecule has 0 aliphatic heterocycles. The normalized spacial score (nSPS) is 11.3. The summed E-state index contributed by atoms with van der Waals surface area (Å²) in [6, 6.07) is 7.31. The van der Waals surface area contributed by atoms with Crippen molar-refractivity contribution in [3.05, 3.63) is 52.0 Å². The average Bonchev–Trinajstić information content (AvgIpc) is 2.93. The summed E-state index contributed by atoms with van der Waals surface area (Å²) in [7, 11) is 0. The minimum atomic E-state index is -0.474. The zero-order valence-corrected chi connectivity index (χ0v) is 11.8. The lowest BCUT2D eigenvalue weighted by Crippen LogP contribution is -2.40.